The molecule has 2 aliphatic rings. The van der Waals surface area contributed by atoms with Gasteiger partial charge in [0.15, 0.2) is 0 Å². The molecule has 0 atom stereocenters. The van der Waals surface area contributed by atoms with Crippen molar-refractivity contribution in [2.45, 2.75) is 105 Å². The quantitative estimate of drug-likeness (QED) is 0.166. The first-order valence-corrected chi connectivity index (χ1v) is 22.5. The third-order valence-electron chi connectivity index (χ3n) is 13.5. The van der Waals surface area contributed by atoms with E-state index in [2.05, 4.69) is 226 Å². The fraction of sp³-hybridized carbons (Fsp3) is 0.276. The molecule has 0 radical (unpaired) electrons. The van der Waals surface area contributed by atoms with Gasteiger partial charge in [0.05, 0.1) is 0 Å². The van der Waals surface area contributed by atoms with Crippen LogP contribution in [0.1, 0.15) is 105 Å². The lowest BCUT2D eigenvalue weighted by molar-refractivity contribution is 0.589. The third kappa shape index (κ3) is 6.48. The zero-order chi connectivity index (χ0) is 43.7. The summed E-state index contributed by atoms with van der Waals surface area (Å²) in [4.78, 5) is 5.14. The van der Waals surface area contributed by atoms with E-state index in [4.69, 9.17) is 4.42 Å². The normalized spacial score (nSPS) is 14.0. The minimum atomic E-state index is -0.114. The summed E-state index contributed by atoms with van der Waals surface area (Å²) in [7, 11) is 0. The molecular weight excluding hydrogens is 751 g/mol. The average molecular weight is 811 g/mol. The topological polar surface area (TPSA) is 19.6 Å². The predicted octanol–water partition coefficient (Wildman–Crippen LogP) is 14.5. The van der Waals surface area contributed by atoms with Crippen molar-refractivity contribution in [2.75, 3.05) is 9.80 Å². The molecule has 2 aliphatic heterocycles. The van der Waals surface area contributed by atoms with Crippen molar-refractivity contribution in [3.05, 3.63) is 162 Å². The van der Waals surface area contributed by atoms with Gasteiger partial charge in [-0.1, -0.05) is 168 Å². The first kappa shape index (κ1) is 40.1. The standard InChI is InChI=1S/C58H59BN2O/c1-55(2,3)37-23-27-41(28-24-37)60-49-33-39(57(7,8)9)25-29-46(49)59-47-32-38(56(4,5)6)26-30-48(47)61(51-35-40(58(10,11)12)34-50(60)53(51)59)42-18-15-17-36(31-42)43-20-16-21-45-44-19-13-14-22-52(44)62-54(43)45/h13-35H,1-12H3. The van der Waals surface area contributed by atoms with E-state index < -0.39 is 0 Å². The van der Waals surface area contributed by atoms with E-state index in [-0.39, 0.29) is 28.4 Å². The van der Waals surface area contributed by atoms with Crippen molar-refractivity contribution >= 4 is 79.2 Å². The molecule has 3 heterocycles. The number of hydrogen-bond acceptors (Lipinski definition) is 3. The molecule has 3 nitrogen and oxygen atoms in total. The van der Waals surface area contributed by atoms with Crippen molar-refractivity contribution in [1.29, 1.82) is 0 Å². The zero-order valence-corrected chi connectivity index (χ0v) is 38.7. The van der Waals surface area contributed by atoms with E-state index in [0.717, 1.165) is 38.8 Å². The number of benzene rings is 7. The Morgan fingerprint density at radius 1 is 0.403 bits per heavy atom. The second-order valence-electron chi connectivity index (χ2n) is 22.0. The molecule has 8 aromatic rings. The third-order valence-corrected chi connectivity index (χ3v) is 13.5. The number of anilines is 6. The first-order valence-electron chi connectivity index (χ1n) is 22.5. The molecular formula is C58H59BN2O. The van der Waals surface area contributed by atoms with Crippen LogP contribution in [0, 0.1) is 0 Å². The molecule has 0 saturated heterocycles. The molecule has 0 fully saturated rings. The smallest absolute Gasteiger partial charge is 0.252 e. The van der Waals surface area contributed by atoms with E-state index >= 15 is 0 Å². The minimum absolute atomic E-state index is 0.0200. The lowest BCUT2D eigenvalue weighted by Crippen LogP contribution is -2.61. The molecule has 4 heteroatoms. The maximum atomic E-state index is 6.61. The highest BCUT2D eigenvalue weighted by atomic mass is 16.3. The number of fused-ring (bicyclic) bond motifs is 7. The van der Waals surface area contributed by atoms with Gasteiger partial charge < -0.3 is 14.2 Å². The van der Waals surface area contributed by atoms with Crippen LogP contribution < -0.4 is 26.2 Å². The van der Waals surface area contributed by atoms with Gasteiger partial charge in [-0.2, -0.15) is 0 Å². The van der Waals surface area contributed by atoms with E-state index in [1.807, 2.05) is 6.07 Å². The van der Waals surface area contributed by atoms with Crippen molar-refractivity contribution in [2.24, 2.45) is 0 Å². The van der Waals surface area contributed by atoms with Crippen LogP contribution in [0.5, 0.6) is 0 Å². The molecule has 0 amide bonds. The van der Waals surface area contributed by atoms with Crippen molar-refractivity contribution in [1.82, 2.24) is 0 Å². The molecule has 7 aromatic carbocycles. The van der Waals surface area contributed by atoms with Crippen LogP contribution in [0.4, 0.5) is 34.1 Å². The number of para-hydroxylation sites is 2. The van der Waals surface area contributed by atoms with Crippen LogP contribution in [-0.2, 0) is 21.7 Å². The highest BCUT2D eigenvalue weighted by Gasteiger charge is 2.45. The molecule has 0 unspecified atom stereocenters. The van der Waals surface area contributed by atoms with Gasteiger partial charge in [-0.05, 0) is 120 Å². The summed E-state index contributed by atoms with van der Waals surface area (Å²) in [6.07, 6.45) is 0. The molecule has 62 heavy (non-hydrogen) atoms. The average Bonchev–Trinajstić information content (AvgIpc) is 3.61. The second-order valence-corrected chi connectivity index (χ2v) is 22.0. The summed E-state index contributed by atoms with van der Waals surface area (Å²) in [6.45, 7) is 28.0. The molecule has 0 saturated carbocycles. The number of nitrogens with zero attached hydrogens (tertiary/aromatic N) is 2. The summed E-state index contributed by atoms with van der Waals surface area (Å²) >= 11 is 0. The lowest BCUT2D eigenvalue weighted by Gasteiger charge is -2.45. The zero-order valence-electron chi connectivity index (χ0n) is 38.7. The largest absolute Gasteiger partial charge is 0.455 e. The Hall–Kier alpha value is -6.00. The van der Waals surface area contributed by atoms with Gasteiger partial charge in [-0.25, -0.2) is 0 Å². The van der Waals surface area contributed by atoms with Gasteiger partial charge in [0.1, 0.15) is 11.2 Å². The first-order chi connectivity index (χ1) is 29.3. The Morgan fingerprint density at radius 2 is 0.968 bits per heavy atom. The fourth-order valence-corrected chi connectivity index (χ4v) is 9.82. The van der Waals surface area contributed by atoms with Gasteiger partial charge in [0.25, 0.3) is 6.71 Å². The summed E-state index contributed by atoms with van der Waals surface area (Å²) in [5.41, 5.74) is 20.5. The van der Waals surface area contributed by atoms with Crippen molar-refractivity contribution in [3.63, 3.8) is 0 Å². The molecule has 10 rings (SSSR count). The van der Waals surface area contributed by atoms with Gasteiger partial charge in [-0.3, -0.25) is 0 Å². The molecule has 0 N–H and O–H groups in total. The summed E-state index contributed by atoms with van der Waals surface area (Å²) < 4.78 is 6.61. The van der Waals surface area contributed by atoms with Gasteiger partial charge in [0, 0.05) is 50.5 Å². The summed E-state index contributed by atoms with van der Waals surface area (Å²) in [5, 5.41) is 2.28. The lowest BCUT2D eigenvalue weighted by atomic mass is 9.33. The Bertz CT molecular complexity index is 3070. The molecule has 0 aliphatic carbocycles. The van der Waals surface area contributed by atoms with Crippen molar-refractivity contribution in [3.8, 4) is 11.1 Å². The van der Waals surface area contributed by atoms with E-state index in [9.17, 15) is 0 Å². The highest BCUT2D eigenvalue weighted by Crippen LogP contribution is 2.48. The number of furan rings is 1. The van der Waals surface area contributed by atoms with Crippen LogP contribution in [0.15, 0.2) is 144 Å². The van der Waals surface area contributed by atoms with Crippen LogP contribution in [0.25, 0.3) is 33.1 Å². The van der Waals surface area contributed by atoms with Gasteiger partial charge >= 0.3 is 0 Å². The van der Waals surface area contributed by atoms with Crippen LogP contribution in [0.3, 0.4) is 0 Å². The molecule has 1 aromatic heterocycles. The second kappa shape index (κ2) is 13.8. The van der Waals surface area contributed by atoms with Crippen LogP contribution in [0.2, 0.25) is 0 Å². The van der Waals surface area contributed by atoms with E-state index in [0.29, 0.717) is 0 Å². The maximum absolute atomic E-state index is 6.61. The minimum Gasteiger partial charge on any atom is -0.455 e. The Morgan fingerprint density at radius 3 is 1.65 bits per heavy atom. The highest BCUT2D eigenvalue weighted by molar-refractivity contribution is 7.00. The number of rotatable bonds is 3. The van der Waals surface area contributed by atoms with Gasteiger partial charge in [0.2, 0.25) is 0 Å². The summed E-state index contributed by atoms with van der Waals surface area (Å²) in [5.74, 6) is 0. The Balaban J connectivity index is 1.28. The molecule has 0 spiro atoms. The van der Waals surface area contributed by atoms with E-state index in [1.54, 1.807) is 0 Å². The maximum Gasteiger partial charge on any atom is 0.252 e. The summed E-state index contributed by atoms with van der Waals surface area (Å²) in [6, 6.07) is 53.0. The number of hydrogen-bond donors (Lipinski definition) is 0. The molecule has 0 bridgehead atoms. The van der Waals surface area contributed by atoms with Crippen LogP contribution >= 0.6 is 0 Å². The van der Waals surface area contributed by atoms with Crippen LogP contribution in [-0.4, -0.2) is 6.71 Å². The SMILES string of the molecule is CC(C)(C)c1ccc(N2c3cc(C(C)(C)C)ccc3B3c4cc(C(C)(C)C)ccc4N(c4cccc(-c5cccc6c5oc5ccccc56)c4)c4cc(C(C)(C)C)cc2c43)cc1. The predicted molar refractivity (Wildman–Crippen MR) is 268 cm³/mol. The van der Waals surface area contributed by atoms with Gasteiger partial charge in [-0.15, -0.1) is 0 Å². The Kier molecular flexibility index (Phi) is 8.89. The fourth-order valence-electron chi connectivity index (χ4n) is 9.82. The Labute approximate surface area is 369 Å². The monoisotopic (exact) mass is 810 g/mol. The van der Waals surface area contributed by atoms with E-state index in [1.165, 1.54) is 67.1 Å². The van der Waals surface area contributed by atoms with Crippen molar-refractivity contribution < 1.29 is 4.42 Å². The molecule has 310 valence electrons.